The quantitative estimate of drug-likeness (QED) is 0.586. The minimum atomic E-state index is 0.528. The molecule has 2 N–H and O–H groups in total. The molecule has 1 atom stereocenters. The second-order valence-corrected chi connectivity index (χ2v) is 2.92. The summed E-state index contributed by atoms with van der Waals surface area (Å²) in [5.41, 5.74) is 0. The normalized spacial score (nSPS) is 13.9. The summed E-state index contributed by atoms with van der Waals surface area (Å²) in [5, 5.41) is 0. The lowest BCUT2D eigenvalue weighted by atomic mass is 10.2. The first-order chi connectivity index (χ1) is 5.24. The van der Waals surface area contributed by atoms with E-state index in [4.69, 9.17) is 5.90 Å². The van der Waals surface area contributed by atoms with Gasteiger partial charge in [0.25, 0.3) is 0 Å². The lowest BCUT2D eigenvalue weighted by Gasteiger charge is -2.21. The Morgan fingerprint density at radius 1 is 1.36 bits per heavy atom. The first-order valence-electron chi connectivity index (χ1n) is 4.28. The van der Waals surface area contributed by atoms with Gasteiger partial charge in [-0.25, -0.2) is 5.90 Å². The highest BCUT2D eigenvalue weighted by Gasteiger charge is 2.05. The van der Waals surface area contributed by atoms with E-state index >= 15 is 0 Å². The maximum atomic E-state index is 4.97. The molecule has 3 nitrogen and oxygen atoms in total. The maximum absolute atomic E-state index is 4.97. The summed E-state index contributed by atoms with van der Waals surface area (Å²) >= 11 is 0. The molecule has 0 amide bonds. The molecule has 0 aliphatic rings. The third-order valence-corrected chi connectivity index (χ3v) is 1.85. The van der Waals surface area contributed by atoms with E-state index < -0.39 is 0 Å². The summed E-state index contributed by atoms with van der Waals surface area (Å²) in [4.78, 5) is 6.93. The van der Waals surface area contributed by atoms with E-state index in [9.17, 15) is 0 Å². The molecule has 68 valence electrons. The number of nitrogens with zero attached hydrogens (tertiary/aromatic N) is 1. The minimum Gasteiger partial charge on any atom is -0.304 e. The van der Waals surface area contributed by atoms with Gasteiger partial charge in [0.2, 0.25) is 0 Å². The molecule has 0 fully saturated rings. The topological polar surface area (TPSA) is 38.5 Å². The lowest BCUT2D eigenvalue weighted by Crippen LogP contribution is -2.30. The monoisotopic (exact) mass is 160 g/mol. The number of nitrogens with two attached hydrogens (primary N) is 1. The summed E-state index contributed by atoms with van der Waals surface area (Å²) in [6.07, 6.45) is 0. The highest BCUT2D eigenvalue weighted by molar-refractivity contribution is 4.58. The molecular formula is C8H20N2O. The first-order valence-corrected chi connectivity index (χ1v) is 4.28. The van der Waals surface area contributed by atoms with E-state index in [0.717, 1.165) is 19.6 Å². The third kappa shape index (κ3) is 5.18. The van der Waals surface area contributed by atoms with Crippen molar-refractivity contribution in [1.29, 1.82) is 0 Å². The molecule has 0 aliphatic carbocycles. The average molecular weight is 160 g/mol. The second-order valence-electron chi connectivity index (χ2n) is 2.92. The van der Waals surface area contributed by atoms with Crippen LogP contribution in [-0.4, -0.2) is 31.1 Å². The van der Waals surface area contributed by atoms with Gasteiger partial charge in [0.1, 0.15) is 0 Å². The van der Waals surface area contributed by atoms with Crippen LogP contribution in [0.25, 0.3) is 0 Å². The van der Waals surface area contributed by atoms with Crippen LogP contribution in [0.4, 0.5) is 0 Å². The predicted molar refractivity (Wildman–Crippen MR) is 47.1 cm³/mol. The molecule has 0 aromatic heterocycles. The van der Waals surface area contributed by atoms with Crippen LogP contribution in [0.2, 0.25) is 0 Å². The van der Waals surface area contributed by atoms with Crippen molar-refractivity contribution >= 4 is 0 Å². The van der Waals surface area contributed by atoms with Crippen molar-refractivity contribution in [2.75, 3.05) is 26.2 Å². The Kier molecular flexibility index (Phi) is 6.51. The van der Waals surface area contributed by atoms with E-state index in [1.54, 1.807) is 0 Å². The van der Waals surface area contributed by atoms with Gasteiger partial charge in [0, 0.05) is 6.54 Å². The fourth-order valence-electron chi connectivity index (χ4n) is 1.14. The van der Waals surface area contributed by atoms with Crippen molar-refractivity contribution in [3.8, 4) is 0 Å². The standard InChI is InChI=1S/C8H20N2O/c1-4-10(5-2)6-8(3)7-11-9/h8H,4-7,9H2,1-3H3. The van der Waals surface area contributed by atoms with Crippen molar-refractivity contribution in [2.24, 2.45) is 11.8 Å². The molecule has 0 aromatic carbocycles. The van der Waals surface area contributed by atoms with Gasteiger partial charge in [-0.05, 0) is 19.0 Å². The fourth-order valence-corrected chi connectivity index (χ4v) is 1.14. The zero-order chi connectivity index (χ0) is 8.69. The fraction of sp³-hybridized carbons (Fsp3) is 1.00. The molecular weight excluding hydrogens is 140 g/mol. The average Bonchev–Trinajstić information content (AvgIpc) is 2.01. The van der Waals surface area contributed by atoms with Crippen molar-refractivity contribution in [3.05, 3.63) is 0 Å². The van der Waals surface area contributed by atoms with Crippen molar-refractivity contribution < 1.29 is 4.84 Å². The van der Waals surface area contributed by atoms with Gasteiger partial charge < -0.3 is 9.74 Å². The van der Waals surface area contributed by atoms with Gasteiger partial charge in [0.15, 0.2) is 0 Å². The summed E-state index contributed by atoms with van der Waals surface area (Å²) in [7, 11) is 0. The molecule has 0 aliphatic heterocycles. The molecule has 0 saturated heterocycles. The molecule has 0 radical (unpaired) electrons. The van der Waals surface area contributed by atoms with Gasteiger partial charge in [-0.2, -0.15) is 0 Å². The first kappa shape index (κ1) is 10.9. The highest BCUT2D eigenvalue weighted by atomic mass is 16.6. The zero-order valence-corrected chi connectivity index (χ0v) is 7.84. The van der Waals surface area contributed by atoms with Crippen molar-refractivity contribution in [1.82, 2.24) is 4.90 Å². The summed E-state index contributed by atoms with van der Waals surface area (Å²) < 4.78 is 0. The van der Waals surface area contributed by atoms with Crippen LogP contribution in [0.15, 0.2) is 0 Å². The molecule has 0 aromatic rings. The van der Waals surface area contributed by atoms with E-state index in [2.05, 4.69) is 30.5 Å². The third-order valence-electron chi connectivity index (χ3n) is 1.85. The van der Waals surface area contributed by atoms with Crippen LogP contribution in [0.5, 0.6) is 0 Å². The lowest BCUT2D eigenvalue weighted by molar-refractivity contribution is 0.0907. The molecule has 11 heavy (non-hydrogen) atoms. The Morgan fingerprint density at radius 2 is 1.91 bits per heavy atom. The minimum absolute atomic E-state index is 0.528. The molecule has 0 rings (SSSR count). The Morgan fingerprint density at radius 3 is 2.27 bits per heavy atom. The van der Waals surface area contributed by atoms with Crippen LogP contribution < -0.4 is 5.90 Å². The summed E-state index contributed by atoms with van der Waals surface area (Å²) in [6, 6.07) is 0. The summed E-state index contributed by atoms with van der Waals surface area (Å²) in [5.74, 6) is 5.50. The Bertz CT molecular complexity index is 84.2. The molecule has 0 spiro atoms. The maximum Gasteiger partial charge on any atom is 0.0716 e. The zero-order valence-electron chi connectivity index (χ0n) is 7.84. The van der Waals surface area contributed by atoms with Gasteiger partial charge >= 0.3 is 0 Å². The summed E-state index contributed by atoms with van der Waals surface area (Å²) in [6.45, 7) is 10.4. The smallest absolute Gasteiger partial charge is 0.0716 e. The molecule has 0 saturated carbocycles. The van der Waals surface area contributed by atoms with Crippen molar-refractivity contribution in [2.45, 2.75) is 20.8 Å². The van der Waals surface area contributed by atoms with Crippen LogP contribution in [0.1, 0.15) is 20.8 Å². The number of rotatable bonds is 6. The molecule has 1 unspecified atom stereocenters. The number of hydrogen-bond acceptors (Lipinski definition) is 3. The van der Waals surface area contributed by atoms with Crippen LogP contribution in [-0.2, 0) is 4.84 Å². The molecule has 0 heterocycles. The second kappa shape index (κ2) is 6.58. The largest absolute Gasteiger partial charge is 0.304 e. The van der Waals surface area contributed by atoms with Crippen LogP contribution >= 0.6 is 0 Å². The van der Waals surface area contributed by atoms with Gasteiger partial charge in [-0.1, -0.05) is 20.8 Å². The predicted octanol–water partition coefficient (Wildman–Crippen LogP) is 0.855. The van der Waals surface area contributed by atoms with Gasteiger partial charge in [-0.3, -0.25) is 0 Å². The Balaban J connectivity index is 3.44. The van der Waals surface area contributed by atoms with E-state index in [1.807, 2.05) is 0 Å². The van der Waals surface area contributed by atoms with Crippen molar-refractivity contribution in [3.63, 3.8) is 0 Å². The Hall–Kier alpha value is -0.120. The SMILES string of the molecule is CCN(CC)CC(C)CON. The molecule has 3 heteroatoms. The van der Waals surface area contributed by atoms with E-state index in [0.29, 0.717) is 12.5 Å². The van der Waals surface area contributed by atoms with Crippen LogP contribution in [0.3, 0.4) is 0 Å². The van der Waals surface area contributed by atoms with Gasteiger partial charge in [-0.15, -0.1) is 0 Å². The Labute approximate surface area is 69.5 Å². The van der Waals surface area contributed by atoms with E-state index in [1.165, 1.54) is 0 Å². The highest BCUT2D eigenvalue weighted by Crippen LogP contribution is 1.98. The molecule has 0 bridgehead atoms. The number of hydrogen-bond donors (Lipinski definition) is 1. The van der Waals surface area contributed by atoms with Crippen LogP contribution in [0, 0.1) is 5.92 Å². The van der Waals surface area contributed by atoms with E-state index in [-0.39, 0.29) is 0 Å². The van der Waals surface area contributed by atoms with Gasteiger partial charge in [0.05, 0.1) is 6.61 Å².